The molecule has 1 aliphatic heterocycles. The number of urea groups is 1. The van der Waals surface area contributed by atoms with Gasteiger partial charge in [-0.15, -0.1) is 0 Å². The zero-order valence-electron chi connectivity index (χ0n) is 14.6. The van der Waals surface area contributed by atoms with Crippen LogP contribution in [0.1, 0.15) is 44.1 Å². The number of likely N-dealkylation sites (tertiary alicyclic amines) is 1. The van der Waals surface area contributed by atoms with E-state index in [2.05, 4.69) is 5.32 Å². The molecule has 0 unspecified atom stereocenters. The van der Waals surface area contributed by atoms with Gasteiger partial charge in [0.25, 0.3) is 0 Å². The number of carbonyl (C=O) groups is 2. The zero-order valence-corrected chi connectivity index (χ0v) is 14.6. The molecule has 1 saturated carbocycles. The Morgan fingerprint density at radius 2 is 1.85 bits per heavy atom. The first kappa shape index (κ1) is 18.6. The molecule has 2 aliphatic rings. The molecular weight excluding hydrogens is 342 g/mol. The van der Waals surface area contributed by atoms with Crippen LogP contribution in [0.15, 0.2) is 18.2 Å². The van der Waals surface area contributed by atoms with Crippen LogP contribution < -0.4 is 5.32 Å². The zero-order chi connectivity index (χ0) is 18.7. The highest BCUT2D eigenvalue weighted by Gasteiger charge is 2.39. The second-order valence-corrected chi connectivity index (χ2v) is 7.35. The monoisotopic (exact) mass is 366 g/mol. The Hall–Kier alpha value is -2.18. The SMILES string of the molecule is O=C(O)C1CCN(C(=O)NCC2(c3cccc(F)c3F)CCCC2)CC1. The standard InChI is InChI=1S/C19H24F2N2O3/c20-15-5-3-4-14(16(15)21)19(8-1-2-9-19)12-22-18(26)23-10-6-13(7-11-23)17(24)25/h3-5,13H,1-2,6-12H2,(H,22,26)(H,24,25). The molecule has 0 bridgehead atoms. The van der Waals surface area contributed by atoms with Crippen LogP contribution in [-0.4, -0.2) is 41.6 Å². The van der Waals surface area contributed by atoms with Gasteiger partial charge < -0.3 is 15.3 Å². The summed E-state index contributed by atoms with van der Waals surface area (Å²) in [5.41, 5.74) is -0.249. The minimum atomic E-state index is -0.865. The van der Waals surface area contributed by atoms with E-state index in [1.807, 2.05) is 0 Å². The fraction of sp³-hybridized carbons (Fsp3) is 0.579. The number of benzene rings is 1. The summed E-state index contributed by atoms with van der Waals surface area (Å²) < 4.78 is 28.0. The van der Waals surface area contributed by atoms with Gasteiger partial charge in [0.2, 0.25) is 0 Å². The van der Waals surface area contributed by atoms with E-state index in [1.54, 1.807) is 11.0 Å². The lowest BCUT2D eigenvalue weighted by Gasteiger charge is -2.34. The number of aliphatic carboxylic acids is 1. The molecule has 1 heterocycles. The van der Waals surface area contributed by atoms with Crippen molar-refractivity contribution in [2.75, 3.05) is 19.6 Å². The second-order valence-electron chi connectivity index (χ2n) is 7.35. The lowest BCUT2D eigenvalue weighted by atomic mass is 9.78. The highest BCUT2D eigenvalue weighted by molar-refractivity contribution is 5.75. The van der Waals surface area contributed by atoms with Crippen molar-refractivity contribution in [3.8, 4) is 0 Å². The molecule has 2 N–H and O–H groups in total. The normalized spacial score (nSPS) is 20.2. The highest BCUT2D eigenvalue weighted by atomic mass is 19.2. The Balaban J connectivity index is 1.65. The first-order chi connectivity index (χ1) is 12.4. The van der Waals surface area contributed by atoms with Crippen LogP contribution >= 0.6 is 0 Å². The molecule has 2 amide bonds. The van der Waals surface area contributed by atoms with Crippen LogP contribution in [0.4, 0.5) is 13.6 Å². The number of carbonyl (C=O) groups excluding carboxylic acids is 1. The molecule has 0 spiro atoms. The average molecular weight is 366 g/mol. The van der Waals surface area contributed by atoms with Crippen LogP contribution in [-0.2, 0) is 10.2 Å². The maximum atomic E-state index is 14.3. The van der Waals surface area contributed by atoms with E-state index in [-0.39, 0.29) is 12.6 Å². The van der Waals surface area contributed by atoms with Gasteiger partial charge in [0.05, 0.1) is 5.92 Å². The number of hydrogen-bond donors (Lipinski definition) is 2. The van der Waals surface area contributed by atoms with E-state index in [0.29, 0.717) is 44.3 Å². The third kappa shape index (κ3) is 3.66. The van der Waals surface area contributed by atoms with Gasteiger partial charge in [0, 0.05) is 25.0 Å². The van der Waals surface area contributed by atoms with Gasteiger partial charge in [0.1, 0.15) is 0 Å². The fourth-order valence-electron chi connectivity index (χ4n) is 4.19. The van der Waals surface area contributed by atoms with Gasteiger partial charge in [0.15, 0.2) is 11.6 Å². The summed E-state index contributed by atoms with van der Waals surface area (Å²) in [5.74, 6) is -2.92. The van der Waals surface area contributed by atoms with Gasteiger partial charge in [-0.1, -0.05) is 25.0 Å². The van der Waals surface area contributed by atoms with E-state index < -0.39 is 28.9 Å². The molecule has 0 aromatic heterocycles. The topological polar surface area (TPSA) is 69.6 Å². The lowest BCUT2D eigenvalue weighted by molar-refractivity contribution is -0.143. The van der Waals surface area contributed by atoms with Crippen molar-refractivity contribution in [3.63, 3.8) is 0 Å². The van der Waals surface area contributed by atoms with E-state index in [4.69, 9.17) is 5.11 Å². The van der Waals surface area contributed by atoms with Gasteiger partial charge >= 0.3 is 12.0 Å². The van der Waals surface area contributed by atoms with Gasteiger partial charge in [-0.2, -0.15) is 0 Å². The third-order valence-corrected chi connectivity index (χ3v) is 5.79. The average Bonchev–Trinajstić information content (AvgIpc) is 3.12. The maximum absolute atomic E-state index is 14.3. The number of piperidine rings is 1. The van der Waals surface area contributed by atoms with E-state index in [0.717, 1.165) is 18.9 Å². The Kier molecular flexibility index (Phi) is 5.44. The molecule has 1 saturated heterocycles. The van der Waals surface area contributed by atoms with Crippen molar-refractivity contribution in [1.82, 2.24) is 10.2 Å². The smallest absolute Gasteiger partial charge is 0.317 e. The summed E-state index contributed by atoms with van der Waals surface area (Å²) in [7, 11) is 0. The number of halogens is 2. The van der Waals surface area contributed by atoms with Crippen LogP contribution in [0, 0.1) is 17.6 Å². The molecule has 0 atom stereocenters. The number of rotatable bonds is 4. The summed E-state index contributed by atoms with van der Waals surface area (Å²) in [5, 5.41) is 11.9. The molecule has 142 valence electrons. The molecule has 2 fully saturated rings. The Labute approximate surface area is 151 Å². The fourth-order valence-corrected chi connectivity index (χ4v) is 4.19. The number of carboxylic acids is 1. The molecule has 1 aliphatic carbocycles. The van der Waals surface area contributed by atoms with E-state index in [1.165, 1.54) is 6.07 Å². The van der Waals surface area contributed by atoms with Gasteiger partial charge in [-0.25, -0.2) is 13.6 Å². The molecule has 5 nitrogen and oxygen atoms in total. The molecular formula is C19H24F2N2O3. The van der Waals surface area contributed by atoms with Crippen LogP contribution in [0.5, 0.6) is 0 Å². The van der Waals surface area contributed by atoms with Crippen molar-refractivity contribution in [1.29, 1.82) is 0 Å². The van der Waals surface area contributed by atoms with Crippen molar-refractivity contribution in [2.45, 2.75) is 43.9 Å². The largest absolute Gasteiger partial charge is 0.481 e. The summed E-state index contributed by atoms with van der Waals surface area (Å²) in [6, 6.07) is 3.95. The molecule has 3 rings (SSSR count). The van der Waals surface area contributed by atoms with E-state index in [9.17, 15) is 18.4 Å². The molecule has 7 heteroatoms. The van der Waals surface area contributed by atoms with Gasteiger partial charge in [-0.05, 0) is 37.3 Å². The Bertz CT molecular complexity index is 681. The predicted octanol–water partition coefficient (Wildman–Crippen LogP) is 3.28. The predicted molar refractivity (Wildman–Crippen MR) is 91.8 cm³/mol. The van der Waals surface area contributed by atoms with Crippen molar-refractivity contribution in [3.05, 3.63) is 35.4 Å². The number of hydrogen-bond acceptors (Lipinski definition) is 2. The first-order valence-corrected chi connectivity index (χ1v) is 9.13. The number of carboxylic acid groups (broad SMARTS) is 1. The van der Waals surface area contributed by atoms with Gasteiger partial charge in [-0.3, -0.25) is 4.79 Å². The quantitative estimate of drug-likeness (QED) is 0.859. The summed E-state index contributed by atoms with van der Waals surface area (Å²) in [4.78, 5) is 25.1. The molecule has 1 aromatic carbocycles. The third-order valence-electron chi connectivity index (χ3n) is 5.79. The number of amides is 2. The maximum Gasteiger partial charge on any atom is 0.317 e. The Morgan fingerprint density at radius 1 is 1.19 bits per heavy atom. The summed E-state index contributed by atoms with van der Waals surface area (Å²) in [6.07, 6.45) is 4.11. The van der Waals surface area contributed by atoms with Crippen molar-refractivity contribution >= 4 is 12.0 Å². The van der Waals surface area contributed by atoms with Crippen LogP contribution in [0.2, 0.25) is 0 Å². The molecule has 1 aromatic rings. The van der Waals surface area contributed by atoms with Crippen LogP contribution in [0.25, 0.3) is 0 Å². The lowest BCUT2D eigenvalue weighted by Crippen LogP contribution is -2.49. The minimum absolute atomic E-state index is 0.255. The van der Waals surface area contributed by atoms with Crippen molar-refractivity contribution < 1.29 is 23.5 Å². The highest BCUT2D eigenvalue weighted by Crippen LogP contribution is 2.42. The minimum Gasteiger partial charge on any atom is -0.481 e. The first-order valence-electron chi connectivity index (χ1n) is 9.13. The molecule has 0 radical (unpaired) electrons. The second kappa shape index (κ2) is 7.60. The van der Waals surface area contributed by atoms with Crippen molar-refractivity contribution in [2.24, 2.45) is 5.92 Å². The van der Waals surface area contributed by atoms with Crippen LogP contribution in [0.3, 0.4) is 0 Å². The number of nitrogens with zero attached hydrogens (tertiary/aromatic N) is 1. The summed E-state index contributed by atoms with van der Waals surface area (Å²) >= 11 is 0. The molecule has 26 heavy (non-hydrogen) atoms. The Morgan fingerprint density at radius 3 is 2.46 bits per heavy atom. The van der Waals surface area contributed by atoms with E-state index >= 15 is 0 Å². The summed E-state index contributed by atoms with van der Waals surface area (Å²) in [6.45, 7) is 1.04. The number of nitrogens with one attached hydrogen (secondary N) is 1.